The molecule has 32 heavy (non-hydrogen) atoms. The molecule has 162 valence electrons. The first-order chi connectivity index (χ1) is 15.6. The first-order valence-electron chi connectivity index (χ1n) is 10.9. The fourth-order valence-corrected chi connectivity index (χ4v) is 4.86. The van der Waals surface area contributed by atoms with Gasteiger partial charge in [0, 0.05) is 33.8 Å². The predicted molar refractivity (Wildman–Crippen MR) is 131 cm³/mol. The Balaban J connectivity index is 1.62. The summed E-state index contributed by atoms with van der Waals surface area (Å²) in [6.45, 7) is 3.17. The summed E-state index contributed by atoms with van der Waals surface area (Å²) < 4.78 is 14.2. The minimum atomic E-state index is -0.293. The molecule has 6 heteroatoms. The normalized spacial score (nSPS) is 14.2. The highest BCUT2D eigenvalue weighted by atomic mass is 35.5. The van der Waals surface area contributed by atoms with Gasteiger partial charge < -0.3 is 5.32 Å². The Bertz CT molecular complexity index is 1230. The average Bonchev–Trinajstić information content (AvgIpc) is 3.64. The number of hydrogen-bond donors (Lipinski definition) is 1. The number of pyridine rings is 1. The predicted octanol–water partition coefficient (Wildman–Crippen LogP) is 7.40. The number of unbranched alkanes of at least 4 members (excludes halogenated alkanes) is 1. The zero-order valence-electron chi connectivity index (χ0n) is 17.8. The summed E-state index contributed by atoms with van der Waals surface area (Å²) in [5.41, 5.74) is 6.78. The monoisotopic (exact) mass is 463 g/mol. The SMILES string of the molecule is CCCCNC(=C1CC1)c1ccc2c(c1)N=C(c1ccc(Cl)cn1)c1cc(F)ccc1S2. The molecule has 1 N–H and O–H groups in total. The number of nitrogens with one attached hydrogen (secondary N) is 1. The summed E-state index contributed by atoms with van der Waals surface area (Å²) in [4.78, 5) is 11.5. The van der Waals surface area contributed by atoms with Crippen LogP contribution in [0, 0.1) is 5.82 Å². The Morgan fingerprint density at radius 3 is 2.69 bits per heavy atom. The van der Waals surface area contributed by atoms with Gasteiger partial charge in [0.25, 0.3) is 0 Å². The first kappa shape index (κ1) is 21.2. The van der Waals surface area contributed by atoms with Crippen molar-refractivity contribution in [3.8, 4) is 0 Å². The maximum atomic E-state index is 14.2. The highest BCUT2D eigenvalue weighted by Gasteiger charge is 2.23. The third-order valence-electron chi connectivity index (χ3n) is 5.55. The number of allylic oxidation sites excluding steroid dienone is 1. The third-order valence-corrected chi connectivity index (χ3v) is 6.92. The van der Waals surface area contributed by atoms with Gasteiger partial charge in [-0.3, -0.25) is 4.98 Å². The van der Waals surface area contributed by atoms with Gasteiger partial charge in [0.2, 0.25) is 0 Å². The topological polar surface area (TPSA) is 37.3 Å². The molecule has 0 unspecified atom stereocenters. The lowest BCUT2D eigenvalue weighted by Gasteiger charge is -2.13. The van der Waals surface area contributed by atoms with Crippen molar-refractivity contribution < 1.29 is 4.39 Å². The maximum Gasteiger partial charge on any atom is 0.123 e. The van der Waals surface area contributed by atoms with Crippen molar-refractivity contribution in [1.82, 2.24) is 10.3 Å². The van der Waals surface area contributed by atoms with E-state index >= 15 is 0 Å². The molecule has 0 radical (unpaired) electrons. The second-order valence-corrected chi connectivity index (χ2v) is 9.53. The molecule has 2 aromatic carbocycles. The first-order valence-corrected chi connectivity index (χ1v) is 12.1. The van der Waals surface area contributed by atoms with Gasteiger partial charge >= 0.3 is 0 Å². The highest BCUT2D eigenvalue weighted by molar-refractivity contribution is 7.99. The number of aliphatic imine (C=N–C) groups is 1. The van der Waals surface area contributed by atoms with Crippen molar-refractivity contribution in [2.24, 2.45) is 4.99 Å². The van der Waals surface area contributed by atoms with Crippen molar-refractivity contribution in [3.63, 3.8) is 0 Å². The van der Waals surface area contributed by atoms with Crippen LogP contribution in [0.25, 0.3) is 5.70 Å². The van der Waals surface area contributed by atoms with Crippen LogP contribution in [0.1, 0.15) is 49.4 Å². The van der Waals surface area contributed by atoms with E-state index in [1.54, 1.807) is 24.0 Å². The van der Waals surface area contributed by atoms with Crippen molar-refractivity contribution in [3.05, 3.63) is 88.0 Å². The van der Waals surface area contributed by atoms with Crippen LogP contribution in [-0.2, 0) is 0 Å². The second kappa shape index (κ2) is 9.08. The molecule has 2 heterocycles. The molecule has 2 aliphatic rings. The van der Waals surface area contributed by atoms with Crippen molar-refractivity contribution in [2.75, 3.05) is 6.54 Å². The summed E-state index contributed by atoms with van der Waals surface area (Å²) in [6, 6.07) is 14.9. The molecule has 0 spiro atoms. The molecular weight excluding hydrogens is 441 g/mol. The van der Waals surface area contributed by atoms with Crippen LogP contribution in [0.5, 0.6) is 0 Å². The van der Waals surface area contributed by atoms with Gasteiger partial charge in [-0.05, 0) is 72.9 Å². The lowest BCUT2D eigenvalue weighted by molar-refractivity contribution is 0.626. The van der Waals surface area contributed by atoms with Gasteiger partial charge in [-0.25, -0.2) is 9.38 Å². The summed E-state index contributed by atoms with van der Waals surface area (Å²) in [5.74, 6) is -0.293. The molecule has 1 aliphatic carbocycles. The maximum absolute atomic E-state index is 14.2. The number of benzene rings is 2. The summed E-state index contributed by atoms with van der Waals surface area (Å²) in [7, 11) is 0. The van der Waals surface area contributed by atoms with E-state index in [-0.39, 0.29) is 5.82 Å². The molecule has 1 aliphatic heterocycles. The van der Waals surface area contributed by atoms with Crippen LogP contribution in [0.15, 0.2) is 75.1 Å². The van der Waals surface area contributed by atoms with Crippen LogP contribution < -0.4 is 5.32 Å². The largest absolute Gasteiger partial charge is 0.385 e. The molecule has 0 amide bonds. The lowest BCUT2D eigenvalue weighted by atomic mass is 10.1. The molecule has 0 atom stereocenters. The Labute approximate surface area is 196 Å². The molecule has 5 rings (SSSR count). The van der Waals surface area contributed by atoms with E-state index in [0.717, 1.165) is 58.8 Å². The van der Waals surface area contributed by atoms with E-state index in [0.29, 0.717) is 16.4 Å². The van der Waals surface area contributed by atoms with Crippen LogP contribution in [-0.4, -0.2) is 17.2 Å². The van der Waals surface area contributed by atoms with E-state index in [1.165, 1.54) is 23.4 Å². The average molecular weight is 464 g/mol. The molecule has 3 aromatic rings. The van der Waals surface area contributed by atoms with E-state index in [9.17, 15) is 4.39 Å². The van der Waals surface area contributed by atoms with Gasteiger partial charge in [0.05, 0.1) is 22.1 Å². The van der Waals surface area contributed by atoms with Gasteiger partial charge in [-0.1, -0.05) is 42.8 Å². The molecule has 0 saturated heterocycles. The minimum absolute atomic E-state index is 0.293. The fraction of sp³-hybridized carbons (Fsp3) is 0.231. The quantitative estimate of drug-likeness (QED) is 0.302. The van der Waals surface area contributed by atoms with Crippen LogP contribution in [0.4, 0.5) is 10.1 Å². The summed E-state index contributed by atoms with van der Waals surface area (Å²) >= 11 is 7.66. The van der Waals surface area contributed by atoms with Crippen LogP contribution in [0.2, 0.25) is 5.02 Å². The standard InChI is InChI=1S/C26H23ClFN3S/c1-2-3-12-29-25(16-4-5-16)17-6-10-24-22(13-17)31-26(21-9-7-18(27)15-30-21)20-14-19(28)8-11-23(20)32-24/h6-11,13-15,29H,2-5,12H2,1H3. The van der Waals surface area contributed by atoms with Gasteiger partial charge in [0.15, 0.2) is 0 Å². The Kier molecular flexibility index (Phi) is 6.03. The van der Waals surface area contributed by atoms with Crippen molar-refractivity contribution in [1.29, 1.82) is 0 Å². The number of hydrogen-bond acceptors (Lipinski definition) is 4. The zero-order chi connectivity index (χ0) is 22.1. The highest BCUT2D eigenvalue weighted by Crippen LogP contribution is 2.43. The van der Waals surface area contributed by atoms with Crippen molar-refractivity contribution >= 4 is 40.5 Å². The van der Waals surface area contributed by atoms with Crippen molar-refractivity contribution in [2.45, 2.75) is 42.4 Å². The number of halogens is 2. The Morgan fingerprint density at radius 1 is 1.09 bits per heavy atom. The molecular formula is C26H23ClFN3S. The van der Waals surface area contributed by atoms with E-state index in [1.807, 2.05) is 12.1 Å². The van der Waals surface area contributed by atoms with Gasteiger partial charge in [-0.2, -0.15) is 0 Å². The number of nitrogens with zero attached hydrogens (tertiary/aromatic N) is 2. The number of rotatable bonds is 6. The van der Waals surface area contributed by atoms with E-state index in [4.69, 9.17) is 16.6 Å². The lowest BCUT2D eigenvalue weighted by Crippen LogP contribution is -2.13. The smallest absolute Gasteiger partial charge is 0.123 e. The molecule has 1 saturated carbocycles. The molecule has 3 nitrogen and oxygen atoms in total. The minimum Gasteiger partial charge on any atom is -0.385 e. The van der Waals surface area contributed by atoms with Gasteiger partial charge in [0.1, 0.15) is 5.82 Å². The summed E-state index contributed by atoms with van der Waals surface area (Å²) in [6.07, 6.45) is 6.19. The van der Waals surface area contributed by atoms with E-state index in [2.05, 4.69) is 35.4 Å². The third kappa shape index (κ3) is 4.45. The number of fused-ring (bicyclic) bond motifs is 2. The fourth-order valence-electron chi connectivity index (χ4n) is 3.77. The van der Waals surface area contributed by atoms with E-state index < -0.39 is 0 Å². The Morgan fingerprint density at radius 2 is 1.94 bits per heavy atom. The molecule has 1 aromatic heterocycles. The second-order valence-electron chi connectivity index (χ2n) is 8.01. The Hall–Kier alpha value is -2.63. The van der Waals surface area contributed by atoms with Crippen LogP contribution in [0.3, 0.4) is 0 Å². The van der Waals surface area contributed by atoms with Gasteiger partial charge in [-0.15, -0.1) is 0 Å². The van der Waals surface area contributed by atoms with Crippen LogP contribution >= 0.6 is 23.4 Å². The molecule has 0 bridgehead atoms. The summed E-state index contributed by atoms with van der Waals surface area (Å²) in [5, 5.41) is 4.20. The molecule has 1 fully saturated rings. The number of aromatic nitrogens is 1. The zero-order valence-corrected chi connectivity index (χ0v) is 19.4.